The number of unbranched alkanes of at least 4 members (excludes halogenated alkanes) is 2. The van der Waals surface area contributed by atoms with Crippen molar-refractivity contribution in [3.8, 4) is 0 Å². The molecule has 0 spiro atoms. The lowest BCUT2D eigenvalue weighted by Crippen LogP contribution is -2.44. The van der Waals surface area contributed by atoms with Crippen molar-refractivity contribution in [3.63, 3.8) is 0 Å². The van der Waals surface area contributed by atoms with Gasteiger partial charge in [0, 0.05) is 32.1 Å². The van der Waals surface area contributed by atoms with E-state index < -0.39 is 5.97 Å². The molecular formula is C14H26N2O3. The van der Waals surface area contributed by atoms with Crippen LogP contribution in [0.1, 0.15) is 32.1 Å². The number of carboxylic acid groups (broad SMARTS) is 1. The van der Waals surface area contributed by atoms with E-state index in [2.05, 4.69) is 9.80 Å². The molecule has 2 aliphatic rings. The predicted octanol–water partition coefficient (Wildman–Crippen LogP) is 1.04. The highest BCUT2D eigenvalue weighted by Crippen LogP contribution is 2.17. The summed E-state index contributed by atoms with van der Waals surface area (Å²) in [5.74, 6) is -0.673. The average Bonchev–Trinajstić information content (AvgIpc) is 2.88. The fourth-order valence-corrected chi connectivity index (χ4v) is 3.04. The van der Waals surface area contributed by atoms with Gasteiger partial charge in [-0.05, 0) is 32.4 Å². The van der Waals surface area contributed by atoms with Gasteiger partial charge < -0.3 is 14.7 Å². The zero-order valence-electron chi connectivity index (χ0n) is 11.7. The fraction of sp³-hybridized carbons (Fsp3) is 0.929. The average molecular weight is 270 g/mol. The summed E-state index contributed by atoms with van der Waals surface area (Å²) in [6.07, 6.45) is 4.57. The summed E-state index contributed by atoms with van der Waals surface area (Å²) in [7, 11) is 0. The van der Waals surface area contributed by atoms with E-state index in [1.807, 2.05) is 0 Å². The van der Waals surface area contributed by atoms with Crippen LogP contribution in [0.2, 0.25) is 0 Å². The molecule has 0 saturated carbocycles. The van der Waals surface area contributed by atoms with Crippen molar-refractivity contribution in [1.82, 2.24) is 9.80 Å². The van der Waals surface area contributed by atoms with Gasteiger partial charge in [0.15, 0.2) is 0 Å². The van der Waals surface area contributed by atoms with Crippen LogP contribution >= 0.6 is 0 Å². The minimum atomic E-state index is -0.673. The smallest absolute Gasteiger partial charge is 0.303 e. The molecule has 1 unspecified atom stereocenters. The van der Waals surface area contributed by atoms with Crippen LogP contribution in [0, 0.1) is 0 Å². The maximum atomic E-state index is 10.4. The second kappa shape index (κ2) is 7.82. The Morgan fingerprint density at radius 1 is 1.16 bits per heavy atom. The molecule has 2 aliphatic heterocycles. The quantitative estimate of drug-likeness (QED) is 0.701. The number of morpholine rings is 1. The molecule has 5 heteroatoms. The largest absolute Gasteiger partial charge is 0.481 e. The van der Waals surface area contributed by atoms with E-state index in [0.29, 0.717) is 12.5 Å². The van der Waals surface area contributed by atoms with Crippen LogP contribution in [0.3, 0.4) is 0 Å². The van der Waals surface area contributed by atoms with Crippen molar-refractivity contribution in [2.75, 3.05) is 45.9 Å². The van der Waals surface area contributed by atoms with Crippen molar-refractivity contribution < 1.29 is 14.6 Å². The van der Waals surface area contributed by atoms with Crippen molar-refractivity contribution in [1.29, 1.82) is 0 Å². The van der Waals surface area contributed by atoms with Gasteiger partial charge in [-0.15, -0.1) is 0 Å². The summed E-state index contributed by atoms with van der Waals surface area (Å²) in [6.45, 7) is 7.42. The normalized spacial score (nSPS) is 25.8. The van der Waals surface area contributed by atoms with Gasteiger partial charge in [0.25, 0.3) is 0 Å². The Hall–Kier alpha value is -0.650. The lowest BCUT2D eigenvalue weighted by molar-refractivity contribution is -0.137. The van der Waals surface area contributed by atoms with E-state index in [1.54, 1.807) is 0 Å². The number of likely N-dealkylation sites (tertiary alicyclic amines) is 1. The number of carboxylic acids is 1. The summed E-state index contributed by atoms with van der Waals surface area (Å²) < 4.78 is 5.39. The number of hydrogen-bond acceptors (Lipinski definition) is 4. The molecule has 110 valence electrons. The van der Waals surface area contributed by atoms with E-state index in [9.17, 15) is 4.79 Å². The highest BCUT2D eigenvalue weighted by Gasteiger charge is 2.28. The van der Waals surface area contributed by atoms with Crippen LogP contribution in [0.15, 0.2) is 0 Å². The van der Waals surface area contributed by atoms with Gasteiger partial charge in [0.05, 0.1) is 13.2 Å². The van der Waals surface area contributed by atoms with Crippen LogP contribution < -0.4 is 0 Å². The third-order valence-corrected chi connectivity index (χ3v) is 4.17. The Balaban J connectivity index is 1.55. The first-order chi connectivity index (χ1) is 9.25. The Bertz CT molecular complexity index is 280. The number of nitrogens with zero attached hydrogens (tertiary/aromatic N) is 2. The summed E-state index contributed by atoms with van der Waals surface area (Å²) in [4.78, 5) is 15.5. The maximum Gasteiger partial charge on any atom is 0.303 e. The number of aliphatic carboxylic acids is 1. The number of hydrogen-bond donors (Lipinski definition) is 1. The third kappa shape index (κ3) is 5.09. The van der Waals surface area contributed by atoms with Gasteiger partial charge in [0.2, 0.25) is 0 Å². The molecule has 0 aromatic rings. The molecule has 0 aliphatic carbocycles. The van der Waals surface area contributed by atoms with Crippen LogP contribution in [0.25, 0.3) is 0 Å². The molecule has 5 nitrogen and oxygen atoms in total. The van der Waals surface area contributed by atoms with Crippen molar-refractivity contribution in [2.24, 2.45) is 0 Å². The van der Waals surface area contributed by atoms with E-state index in [-0.39, 0.29) is 0 Å². The molecule has 0 radical (unpaired) electrons. The number of rotatable bonds is 7. The molecule has 0 aromatic carbocycles. The molecule has 2 rings (SSSR count). The molecule has 0 amide bonds. The molecule has 2 saturated heterocycles. The van der Waals surface area contributed by atoms with Gasteiger partial charge in [-0.2, -0.15) is 0 Å². The zero-order valence-corrected chi connectivity index (χ0v) is 11.7. The van der Waals surface area contributed by atoms with Gasteiger partial charge in [-0.3, -0.25) is 9.69 Å². The van der Waals surface area contributed by atoms with E-state index in [0.717, 1.165) is 52.1 Å². The topological polar surface area (TPSA) is 53.0 Å². The molecule has 0 bridgehead atoms. The number of ether oxygens (including phenoxy) is 1. The minimum Gasteiger partial charge on any atom is -0.481 e. The highest BCUT2D eigenvalue weighted by atomic mass is 16.5. The van der Waals surface area contributed by atoms with Gasteiger partial charge in [-0.25, -0.2) is 0 Å². The van der Waals surface area contributed by atoms with Crippen molar-refractivity contribution in [3.05, 3.63) is 0 Å². The van der Waals surface area contributed by atoms with Gasteiger partial charge in [0.1, 0.15) is 0 Å². The van der Waals surface area contributed by atoms with Crippen LogP contribution in [-0.4, -0.2) is 72.9 Å². The summed E-state index contributed by atoms with van der Waals surface area (Å²) >= 11 is 0. The molecule has 1 atom stereocenters. The lowest BCUT2D eigenvalue weighted by atomic mass is 10.2. The Morgan fingerprint density at radius 3 is 2.68 bits per heavy atom. The SMILES string of the molecule is O=C(O)CCCCCN1CCC(N2CCOCC2)C1. The summed E-state index contributed by atoms with van der Waals surface area (Å²) in [5.41, 5.74) is 0. The Morgan fingerprint density at radius 2 is 1.95 bits per heavy atom. The second-order valence-corrected chi connectivity index (χ2v) is 5.60. The zero-order chi connectivity index (χ0) is 13.5. The van der Waals surface area contributed by atoms with E-state index >= 15 is 0 Å². The standard InChI is InChI=1S/C14H26N2O3/c17-14(18)4-2-1-3-6-15-7-5-13(12-15)16-8-10-19-11-9-16/h13H,1-12H2,(H,17,18). The summed E-state index contributed by atoms with van der Waals surface area (Å²) in [6, 6.07) is 0.711. The first-order valence-electron chi connectivity index (χ1n) is 7.51. The maximum absolute atomic E-state index is 10.4. The second-order valence-electron chi connectivity index (χ2n) is 5.60. The van der Waals surface area contributed by atoms with Crippen molar-refractivity contribution in [2.45, 2.75) is 38.1 Å². The Kier molecular flexibility index (Phi) is 6.07. The molecule has 19 heavy (non-hydrogen) atoms. The highest BCUT2D eigenvalue weighted by molar-refractivity contribution is 5.66. The van der Waals surface area contributed by atoms with Gasteiger partial charge >= 0.3 is 5.97 Å². The predicted molar refractivity (Wildman–Crippen MR) is 73.3 cm³/mol. The molecular weight excluding hydrogens is 244 g/mol. The third-order valence-electron chi connectivity index (χ3n) is 4.17. The Labute approximate surface area is 115 Å². The van der Waals surface area contributed by atoms with Gasteiger partial charge in [-0.1, -0.05) is 6.42 Å². The molecule has 2 fully saturated rings. The summed E-state index contributed by atoms with van der Waals surface area (Å²) in [5, 5.41) is 8.58. The number of carbonyl (C=O) groups is 1. The first-order valence-corrected chi connectivity index (χ1v) is 7.51. The first kappa shape index (κ1) is 14.8. The van der Waals surface area contributed by atoms with Crippen LogP contribution in [-0.2, 0) is 9.53 Å². The van der Waals surface area contributed by atoms with Crippen molar-refractivity contribution >= 4 is 5.97 Å². The monoisotopic (exact) mass is 270 g/mol. The fourth-order valence-electron chi connectivity index (χ4n) is 3.04. The lowest BCUT2D eigenvalue weighted by Gasteiger charge is -2.32. The van der Waals surface area contributed by atoms with E-state index in [4.69, 9.17) is 9.84 Å². The van der Waals surface area contributed by atoms with Crippen LogP contribution in [0.5, 0.6) is 0 Å². The molecule has 0 aromatic heterocycles. The molecule has 1 N–H and O–H groups in total. The molecule has 2 heterocycles. The van der Waals surface area contributed by atoms with E-state index in [1.165, 1.54) is 19.5 Å². The van der Waals surface area contributed by atoms with Crippen LogP contribution in [0.4, 0.5) is 0 Å². The minimum absolute atomic E-state index is 0.316.